The van der Waals surface area contributed by atoms with Crippen molar-refractivity contribution in [3.05, 3.63) is 72.4 Å². The van der Waals surface area contributed by atoms with Crippen LogP contribution >= 0.6 is 0 Å². The van der Waals surface area contributed by atoms with Gasteiger partial charge < -0.3 is 10.8 Å². The fourth-order valence-corrected chi connectivity index (χ4v) is 3.12. The third kappa shape index (κ3) is 3.20. The van der Waals surface area contributed by atoms with E-state index in [4.69, 9.17) is 10.7 Å². The van der Waals surface area contributed by atoms with Gasteiger partial charge in [0.05, 0.1) is 23.3 Å². The first-order valence-corrected chi connectivity index (χ1v) is 8.88. The first-order valence-electron chi connectivity index (χ1n) is 8.88. The van der Waals surface area contributed by atoms with E-state index in [1.165, 1.54) is 0 Å². The Hall–Kier alpha value is -3.09. The molecule has 0 saturated heterocycles. The van der Waals surface area contributed by atoms with Crippen LogP contribution in [0.4, 0.5) is 0 Å². The third-order valence-corrected chi connectivity index (χ3v) is 4.56. The van der Waals surface area contributed by atoms with E-state index >= 15 is 0 Å². The van der Waals surface area contributed by atoms with Crippen LogP contribution in [0.25, 0.3) is 28.2 Å². The zero-order chi connectivity index (χ0) is 19.0. The number of nitrogens with zero attached hydrogens (tertiary/aromatic N) is 4. The molecule has 3 N–H and O–H groups in total. The normalized spacial score (nSPS) is 12.6. The molecule has 0 saturated carbocycles. The zero-order valence-electron chi connectivity index (χ0n) is 15.2. The van der Waals surface area contributed by atoms with Crippen molar-refractivity contribution in [2.45, 2.75) is 26.0 Å². The second-order valence-electron chi connectivity index (χ2n) is 6.78. The summed E-state index contributed by atoms with van der Waals surface area (Å²) in [5.74, 6) is 0.341. The highest BCUT2D eigenvalue weighted by atomic mass is 16.3. The minimum Gasteiger partial charge on any atom is -0.373 e. The summed E-state index contributed by atoms with van der Waals surface area (Å²) in [6.07, 6.45) is 4.18. The van der Waals surface area contributed by atoms with Crippen LogP contribution < -0.4 is 5.73 Å². The molecular formula is C21H21N5O. The molecule has 0 aliphatic rings. The Labute approximate surface area is 157 Å². The fraction of sp³-hybridized carbons (Fsp3) is 0.190. The molecule has 4 rings (SSSR count). The largest absolute Gasteiger partial charge is 0.373 e. The van der Waals surface area contributed by atoms with E-state index in [0.717, 1.165) is 33.9 Å². The van der Waals surface area contributed by atoms with Crippen LogP contribution in [0.2, 0.25) is 0 Å². The predicted molar refractivity (Wildman–Crippen MR) is 105 cm³/mol. The number of fused-ring (bicyclic) bond motifs is 1. The van der Waals surface area contributed by atoms with E-state index in [-0.39, 0.29) is 0 Å². The first-order chi connectivity index (χ1) is 13.0. The molecule has 1 atom stereocenters. The Morgan fingerprint density at radius 1 is 1.04 bits per heavy atom. The van der Waals surface area contributed by atoms with Crippen LogP contribution in [0.5, 0.6) is 0 Å². The second-order valence-corrected chi connectivity index (χ2v) is 6.78. The summed E-state index contributed by atoms with van der Waals surface area (Å²) in [5, 5.41) is 9.78. The van der Waals surface area contributed by atoms with Crippen molar-refractivity contribution in [3.63, 3.8) is 0 Å². The lowest BCUT2D eigenvalue weighted by atomic mass is 10.0. The highest BCUT2D eigenvalue weighted by Gasteiger charge is 2.14. The van der Waals surface area contributed by atoms with Gasteiger partial charge in [-0.25, -0.2) is 4.98 Å². The van der Waals surface area contributed by atoms with E-state index in [1.807, 2.05) is 48.7 Å². The summed E-state index contributed by atoms with van der Waals surface area (Å²) in [6.45, 7) is 4.25. The molecule has 0 fully saturated rings. The first kappa shape index (κ1) is 17.3. The molecule has 0 amide bonds. The van der Waals surface area contributed by atoms with Crippen LogP contribution in [0.3, 0.4) is 0 Å². The number of aliphatic hydroxyl groups is 1. The Balaban J connectivity index is 1.87. The molecular weight excluding hydrogens is 338 g/mol. The molecule has 0 bridgehead atoms. The van der Waals surface area contributed by atoms with Gasteiger partial charge in [-0.05, 0) is 36.2 Å². The van der Waals surface area contributed by atoms with Crippen LogP contribution in [-0.2, 0) is 0 Å². The molecule has 0 radical (unpaired) electrons. The molecule has 4 aromatic rings. The van der Waals surface area contributed by atoms with E-state index in [9.17, 15) is 5.11 Å². The molecule has 0 aromatic carbocycles. The van der Waals surface area contributed by atoms with Crippen molar-refractivity contribution in [2.75, 3.05) is 0 Å². The molecule has 6 nitrogen and oxygen atoms in total. The maximum absolute atomic E-state index is 9.78. The lowest BCUT2D eigenvalue weighted by Gasteiger charge is -2.12. The van der Waals surface area contributed by atoms with Gasteiger partial charge in [-0.15, -0.1) is 0 Å². The van der Waals surface area contributed by atoms with E-state index in [2.05, 4.69) is 23.8 Å². The number of aliphatic hydroxyl groups excluding tert-OH is 1. The maximum Gasteiger partial charge on any atom is 0.145 e. The summed E-state index contributed by atoms with van der Waals surface area (Å²) >= 11 is 0. The number of pyridine rings is 3. The topological polar surface area (TPSA) is 89.3 Å². The Morgan fingerprint density at radius 3 is 2.67 bits per heavy atom. The molecule has 6 heteroatoms. The average Bonchev–Trinajstić information content (AvgIpc) is 3.11. The molecule has 27 heavy (non-hydrogen) atoms. The number of aromatic nitrogens is 4. The highest BCUT2D eigenvalue weighted by molar-refractivity contribution is 5.79. The van der Waals surface area contributed by atoms with Gasteiger partial charge in [0.25, 0.3) is 0 Å². The van der Waals surface area contributed by atoms with Gasteiger partial charge in [0, 0.05) is 29.2 Å². The van der Waals surface area contributed by atoms with Crippen molar-refractivity contribution in [1.82, 2.24) is 19.4 Å². The SMILES string of the molecule is CC(C)c1cccc(-c2ncccc2-c2ccc3ncc(C(N)O)n3c2)n1. The highest BCUT2D eigenvalue weighted by Crippen LogP contribution is 2.30. The molecule has 4 aromatic heterocycles. The summed E-state index contributed by atoms with van der Waals surface area (Å²) in [4.78, 5) is 13.7. The van der Waals surface area contributed by atoms with Gasteiger partial charge in [0.15, 0.2) is 0 Å². The van der Waals surface area contributed by atoms with Crippen molar-refractivity contribution in [1.29, 1.82) is 0 Å². The molecule has 0 aliphatic heterocycles. The zero-order valence-corrected chi connectivity index (χ0v) is 15.2. The lowest BCUT2D eigenvalue weighted by molar-refractivity contribution is 0.180. The standard InChI is InChI=1S/C21H21N5O/c1-13(2)16-6-3-7-17(25-16)20-15(5-4-10-23-20)14-8-9-19-24-11-18(21(22)27)26(19)12-14/h3-13,21,27H,22H2,1-2H3. The fourth-order valence-electron chi connectivity index (χ4n) is 3.12. The molecule has 0 aliphatic carbocycles. The van der Waals surface area contributed by atoms with Crippen LogP contribution in [-0.4, -0.2) is 24.5 Å². The Kier molecular flexibility index (Phi) is 4.43. The number of nitrogens with two attached hydrogens (primary N) is 1. The number of hydrogen-bond acceptors (Lipinski definition) is 5. The Morgan fingerprint density at radius 2 is 1.89 bits per heavy atom. The van der Waals surface area contributed by atoms with E-state index in [0.29, 0.717) is 11.6 Å². The monoisotopic (exact) mass is 359 g/mol. The average molecular weight is 359 g/mol. The van der Waals surface area contributed by atoms with Gasteiger partial charge in [0.2, 0.25) is 0 Å². The second kappa shape index (κ2) is 6.90. The Bertz CT molecular complexity index is 1100. The molecule has 1 unspecified atom stereocenters. The van der Waals surface area contributed by atoms with Gasteiger partial charge in [-0.3, -0.25) is 14.4 Å². The van der Waals surface area contributed by atoms with Crippen molar-refractivity contribution in [2.24, 2.45) is 5.73 Å². The van der Waals surface area contributed by atoms with Crippen LogP contribution in [0.1, 0.15) is 37.4 Å². The van der Waals surface area contributed by atoms with Gasteiger partial charge >= 0.3 is 0 Å². The summed E-state index contributed by atoms with van der Waals surface area (Å²) in [5.41, 5.74) is 11.5. The van der Waals surface area contributed by atoms with Crippen LogP contribution in [0, 0.1) is 0 Å². The number of imidazole rings is 1. The minimum atomic E-state index is -1.09. The summed E-state index contributed by atoms with van der Waals surface area (Å²) < 4.78 is 1.80. The quantitative estimate of drug-likeness (QED) is 0.544. The summed E-state index contributed by atoms with van der Waals surface area (Å²) in [6, 6.07) is 13.8. The summed E-state index contributed by atoms with van der Waals surface area (Å²) in [7, 11) is 0. The smallest absolute Gasteiger partial charge is 0.145 e. The molecule has 4 heterocycles. The predicted octanol–water partition coefficient (Wildman–Crippen LogP) is 3.53. The number of hydrogen-bond donors (Lipinski definition) is 2. The van der Waals surface area contributed by atoms with Gasteiger partial charge in [-0.2, -0.15) is 0 Å². The van der Waals surface area contributed by atoms with E-state index in [1.54, 1.807) is 16.8 Å². The van der Waals surface area contributed by atoms with Crippen molar-refractivity contribution < 1.29 is 5.11 Å². The van der Waals surface area contributed by atoms with Crippen molar-refractivity contribution >= 4 is 5.65 Å². The maximum atomic E-state index is 9.78. The minimum absolute atomic E-state index is 0.341. The lowest BCUT2D eigenvalue weighted by Crippen LogP contribution is -2.11. The molecule has 0 spiro atoms. The van der Waals surface area contributed by atoms with Gasteiger partial charge in [0.1, 0.15) is 11.9 Å². The van der Waals surface area contributed by atoms with Gasteiger partial charge in [-0.1, -0.05) is 26.0 Å². The number of rotatable bonds is 4. The van der Waals surface area contributed by atoms with Crippen LogP contribution in [0.15, 0.2) is 61.1 Å². The third-order valence-electron chi connectivity index (χ3n) is 4.56. The van der Waals surface area contributed by atoms with Crippen molar-refractivity contribution in [3.8, 4) is 22.5 Å². The van der Waals surface area contributed by atoms with E-state index < -0.39 is 6.23 Å². The molecule has 136 valence electrons.